The van der Waals surface area contributed by atoms with Gasteiger partial charge in [-0.05, 0) is 43.5 Å². The molecule has 3 heterocycles. The van der Waals surface area contributed by atoms with Crippen molar-refractivity contribution in [2.45, 2.75) is 56.8 Å². The highest BCUT2D eigenvalue weighted by atomic mass is 19.1. The maximum Gasteiger partial charge on any atom is 0.319 e. The maximum atomic E-state index is 13.7. The van der Waals surface area contributed by atoms with E-state index in [2.05, 4.69) is 10.6 Å². The molecule has 2 aliphatic heterocycles. The van der Waals surface area contributed by atoms with Crippen LogP contribution in [0, 0.1) is 11.6 Å². The normalized spacial score (nSPS) is 27.2. The number of nitrogens with one attached hydrogen (secondary N) is 3. The Hall–Kier alpha value is -2.41. The number of rotatable bonds is 4. The fourth-order valence-electron chi connectivity index (χ4n) is 4.59. The van der Waals surface area contributed by atoms with Crippen LogP contribution < -0.4 is 15.5 Å². The Morgan fingerprint density at radius 3 is 2.63 bits per heavy atom. The van der Waals surface area contributed by atoms with E-state index in [-0.39, 0.29) is 11.7 Å². The molecule has 4 rings (SSSR count). The van der Waals surface area contributed by atoms with Crippen molar-refractivity contribution in [1.82, 2.24) is 5.32 Å². The van der Waals surface area contributed by atoms with E-state index in [1.165, 1.54) is 12.5 Å². The molecule has 0 radical (unpaired) electrons. The minimum Gasteiger partial charge on any atom is -0.463 e. The molecule has 5 nitrogen and oxygen atoms in total. The number of quaternary nitrogens is 1. The van der Waals surface area contributed by atoms with Crippen LogP contribution in [-0.2, 0) is 6.54 Å². The fourth-order valence-corrected chi connectivity index (χ4v) is 4.59. The number of halogens is 2. The van der Waals surface area contributed by atoms with Crippen LogP contribution >= 0.6 is 0 Å². The van der Waals surface area contributed by atoms with Gasteiger partial charge in [0.15, 0.2) is 5.76 Å². The van der Waals surface area contributed by atoms with Crippen LogP contribution in [0.15, 0.2) is 41.0 Å². The largest absolute Gasteiger partial charge is 0.463 e. The van der Waals surface area contributed by atoms with Gasteiger partial charge >= 0.3 is 6.03 Å². The van der Waals surface area contributed by atoms with Crippen molar-refractivity contribution < 1.29 is 22.9 Å². The van der Waals surface area contributed by atoms with Crippen molar-refractivity contribution in [3.05, 3.63) is 54.0 Å². The lowest BCUT2D eigenvalue weighted by Gasteiger charge is -2.45. The van der Waals surface area contributed by atoms with Gasteiger partial charge in [-0.25, -0.2) is 13.6 Å². The molecule has 7 heteroatoms. The van der Waals surface area contributed by atoms with E-state index < -0.39 is 17.7 Å². The summed E-state index contributed by atoms with van der Waals surface area (Å²) in [5.74, 6) is -0.448. The number of amides is 2. The molecule has 2 saturated heterocycles. The predicted molar refractivity (Wildman–Crippen MR) is 96.3 cm³/mol. The molecule has 2 bridgehead atoms. The molecule has 2 aliphatic rings. The molecule has 3 N–H and O–H groups in total. The van der Waals surface area contributed by atoms with Crippen molar-refractivity contribution in [2.24, 2.45) is 0 Å². The van der Waals surface area contributed by atoms with E-state index in [0.717, 1.165) is 50.1 Å². The van der Waals surface area contributed by atoms with E-state index >= 15 is 0 Å². The average Bonchev–Trinajstić information content (AvgIpc) is 3.11. The van der Waals surface area contributed by atoms with Crippen molar-refractivity contribution in [2.75, 3.05) is 5.32 Å². The predicted octanol–water partition coefficient (Wildman–Crippen LogP) is 2.85. The molecule has 27 heavy (non-hydrogen) atoms. The van der Waals surface area contributed by atoms with E-state index in [1.807, 2.05) is 12.1 Å². The topological polar surface area (TPSA) is 58.7 Å². The number of carbonyl (C=O) groups is 1. The van der Waals surface area contributed by atoms with Gasteiger partial charge in [0.2, 0.25) is 0 Å². The second kappa shape index (κ2) is 7.68. The third-order valence-electron chi connectivity index (χ3n) is 5.77. The lowest BCUT2D eigenvalue weighted by Crippen LogP contribution is -3.20. The number of urea groups is 1. The molecule has 2 unspecified atom stereocenters. The number of benzene rings is 1. The highest BCUT2D eigenvalue weighted by Crippen LogP contribution is 2.23. The van der Waals surface area contributed by atoms with Crippen molar-refractivity contribution in [3.63, 3.8) is 0 Å². The summed E-state index contributed by atoms with van der Waals surface area (Å²) in [6, 6.07) is 7.62. The minimum atomic E-state index is -0.778. The molecule has 0 spiro atoms. The highest BCUT2D eigenvalue weighted by molar-refractivity contribution is 5.89. The van der Waals surface area contributed by atoms with E-state index in [0.29, 0.717) is 12.1 Å². The summed E-state index contributed by atoms with van der Waals surface area (Å²) in [7, 11) is 0. The zero-order chi connectivity index (χ0) is 18.8. The number of fused-ring (bicyclic) bond motifs is 2. The highest BCUT2D eigenvalue weighted by Gasteiger charge is 2.42. The van der Waals surface area contributed by atoms with Gasteiger partial charge in [-0.1, -0.05) is 0 Å². The summed E-state index contributed by atoms with van der Waals surface area (Å²) in [4.78, 5) is 13.8. The molecule has 4 atom stereocenters. The molecule has 1 aromatic heterocycles. The van der Waals surface area contributed by atoms with E-state index in [9.17, 15) is 13.6 Å². The zero-order valence-corrected chi connectivity index (χ0v) is 15.0. The number of carbonyl (C=O) groups excluding carboxylic acids is 1. The lowest BCUT2D eigenvalue weighted by atomic mass is 9.81. The SMILES string of the molecule is O=C(Nc1ccc(F)cc1F)NC1C[C@H]2CCC[C@@H](C1)[NH+]2Cc1ccco1. The Balaban J connectivity index is 1.36. The van der Waals surface area contributed by atoms with Gasteiger partial charge in [0.25, 0.3) is 0 Å². The fraction of sp³-hybridized carbons (Fsp3) is 0.450. The third-order valence-corrected chi connectivity index (χ3v) is 5.77. The molecule has 0 saturated carbocycles. The third kappa shape index (κ3) is 4.13. The molecule has 2 aromatic rings. The van der Waals surface area contributed by atoms with Crippen LogP contribution in [0.1, 0.15) is 37.9 Å². The Kier molecular flexibility index (Phi) is 5.11. The first kappa shape index (κ1) is 18.0. The van der Waals surface area contributed by atoms with Gasteiger partial charge in [0.1, 0.15) is 18.2 Å². The Labute approximate surface area is 156 Å². The number of anilines is 1. The summed E-state index contributed by atoms with van der Waals surface area (Å²) in [5.41, 5.74) is -0.0185. The van der Waals surface area contributed by atoms with Gasteiger partial charge in [-0.3, -0.25) is 0 Å². The number of furan rings is 1. The Bertz CT molecular complexity index is 783. The summed E-state index contributed by atoms with van der Waals surface area (Å²) in [6.07, 6.45) is 6.99. The second-order valence-corrected chi connectivity index (χ2v) is 7.55. The van der Waals surface area contributed by atoms with Crippen LogP contribution in [0.25, 0.3) is 0 Å². The Morgan fingerprint density at radius 2 is 1.96 bits per heavy atom. The van der Waals surface area contributed by atoms with Crippen LogP contribution in [0.2, 0.25) is 0 Å². The van der Waals surface area contributed by atoms with Gasteiger partial charge in [0.05, 0.1) is 24.0 Å². The summed E-state index contributed by atoms with van der Waals surface area (Å²) >= 11 is 0. The van der Waals surface area contributed by atoms with Crippen LogP contribution in [0.5, 0.6) is 0 Å². The van der Waals surface area contributed by atoms with Crippen LogP contribution in [-0.4, -0.2) is 24.2 Å². The van der Waals surface area contributed by atoms with Gasteiger partial charge in [0, 0.05) is 24.9 Å². The lowest BCUT2D eigenvalue weighted by molar-refractivity contribution is -0.974. The standard InChI is InChI=1S/C20H23F2N3O2/c21-13-6-7-19(18(22)9-13)24-20(26)23-14-10-15-3-1-4-16(11-14)25(15)12-17-5-2-8-27-17/h2,5-9,14-16H,1,3-4,10-12H2,(H2,23,24,26)/p+1/t14?,15-,16+. The Morgan fingerprint density at radius 1 is 1.19 bits per heavy atom. The molecule has 0 aliphatic carbocycles. The first-order chi connectivity index (χ1) is 13.1. The summed E-state index contributed by atoms with van der Waals surface area (Å²) < 4.78 is 32.2. The van der Waals surface area contributed by atoms with E-state index in [4.69, 9.17) is 4.42 Å². The number of piperidine rings is 2. The van der Waals surface area contributed by atoms with Crippen molar-refractivity contribution >= 4 is 11.7 Å². The molecule has 1 aromatic carbocycles. The number of hydrogen-bond donors (Lipinski definition) is 3. The first-order valence-corrected chi connectivity index (χ1v) is 9.49. The van der Waals surface area contributed by atoms with Crippen molar-refractivity contribution in [1.29, 1.82) is 0 Å². The second-order valence-electron chi connectivity index (χ2n) is 7.55. The average molecular weight is 376 g/mol. The monoisotopic (exact) mass is 376 g/mol. The van der Waals surface area contributed by atoms with Gasteiger partial charge in [-0.2, -0.15) is 0 Å². The van der Waals surface area contributed by atoms with Crippen LogP contribution in [0.4, 0.5) is 19.3 Å². The van der Waals surface area contributed by atoms with Crippen LogP contribution in [0.3, 0.4) is 0 Å². The molecular weight excluding hydrogens is 352 g/mol. The van der Waals surface area contributed by atoms with Gasteiger partial charge in [-0.15, -0.1) is 0 Å². The van der Waals surface area contributed by atoms with Gasteiger partial charge < -0.3 is 20.0 Å². The molecule has 2 fully saturated rings. The molecule has 144 valence electrons. The number of hydrogen-bond acceptors (Lipinski definition) is 2. The molecule has 2 amide bonds. The smallest absolute Gasteiger partial charge is 0.319 e. The first-order valence-electron chi connectivity index (χ1n) is 9.49. The van der Waals surface area contributed by atoms with Crippen molar-refractivity contribution in [3.8, 4) is 0 Å². The zero-order valence-electron chi connectivity index (χ0n) is 15.0. The molecular formula is C20H24F2N3O2+. The summed E-state index contributed by atoms with van der Waals surface area (Å²) in [5, 5.41) is 5.45. The summed E-state index contributed by atoms with van der Waals surface area (Å²) in [6.45, 7) is 0.877. The maximum absolute atomic E-state index is 13.7. The van der Waals surface area contributed by atoms with E-state index in [1.54, 1.807) is 11.2 Å². The minimum absolute atomic E-state index is 0.0185. The quantitative estimate of drug-likeness (QED) is 0.769.